The van der Waals surface area contributed by atoms with Crippen LogP contribution in [0.15, 0.2) is 42.5 Å². The average Bonchev–Trinajstić information content (AvgIpc) is 2.58. The second-order valence-electron chi connectivity index (χ2n) is 5.39. The SMILES string of the molecule is O=C(c1ccccc1)N(Cl)c1c(Cl)cc(C(F)(C(F)(F)F)C(F)(F)F)cc1Cl. The minimum atomic E-state index is -6.35. The molecule has 0 saturated heterocycles. The third-order valence-electron chi connectivity index (χ3n) is 3.59. The minimum absolute atomic E-state index is 0.0270. The van der Waals surface area contributed by atoms with E-state index in [9.17, 15) is 35.5 Å². The Hall–Kier alpha value is -1.71. The molecular weight excluding hydrogens is 462 g/mol. The quantitative estimate of drug-likeness (QED) is 0.348. The summed E-state index contributed by atoms with van der Waals surface area (Å²) in [6, 6.07) is 7.36. The summed E-state index contributed by atoms with van der Waals surface area (Å²) in [5.41, 5.74) is -8.20. The Bertz CT molecular complexity index is 847. The molecule has 28 heavy (non-hydrogen) atoms. The van der Waals surface area contributed by atoms with E-state index in [1.54, 1.807) is 6.07 Å². The van der Waals surface area contributed by atoms with E-state index in [1.165, 1.54) is 24.3 Å². The maximum Gasteiger partial charge on any atom is 0.435 e. The van der Waals surface area contributed by atoms with Gasteiger partial charge in [-0.3, -0.25) is 4.79 Å². The van der Waals surface area contributed by atoms with Crippen LogP contribution in [0, 0.1) is 0 Å². The maximum absolute atomic E-state index is 14.2. The van der Waals surface area contributed by atoms with E-state index in [-0.39, 0.29) is 17.7 Å². The van der Waals surface area contributed by atoms with Gasteiger partial charge in [-0.05, 0) is 24.3 Å². The van der Waals surface area contributed by atoms with Crippen LogP contribution in [0.5, 0.6) is 0 Å². The molecule has 0 saturated carbocycles. The van der Waals surface area contributed by atoms with Gasteiger partial charge in [0, 0.05) is 22.9 Å². The number of alkyl halides is 7. The Labute approximate surface area is 168 Å². The number of hydrogen-bond donors (Lipinski definition) is 0. The third kappa shape index (κ3) is 3.88. The molecule has 0 aromatic heterocycles. The number of halogens is 10. The highest BCUT2D eigenvalue weighted by Crippen LogP contribution is 2.54. The number of benzene rings is 2. The average molecular weight is 469 g/mol. The number of rotatable bonds is 3. The molecule has 2 rings (SSSR count). The van der Waals surface area contributed by atoms with Crippen LogP contribution in [0.25, 0.3) is 0 Å². The van der Waals surface area contributed by atoms with Gasteiger partial charge in [-0.1, -0.05) is 41.4 Å². The first kappa shape index (κ1) is 22.6. The molecule has 0 fully saturated rings. The molecule has 0 spiro atoms. The van der Waals surface area contributed by atoms with Crippen LogP contribution >= 0.6 is 35.0 Å². The van der Waals surface area contributed by atoms with Crippen molar-refractivity contribution >= 4 is 46.6 Å². The van der Waals surface area contributed by atoms with Crippen molar-refractivity contribution in [3.63, 3.8) is 0 Å². The molecule has 0 aliphatic rings. The zero-order valence-corrected chi connectivity index (χ0v) is 15.4. The zero-order chi connectivity index (χ0) is 21.5. The summed E-state index contributed by atoms with van der Waals surface area (Å²) in [5.74, 6) is -0.919. The predicted octanol–water partition coefficient (Wildman–Crippen LogP) is 7.08. The molecule has 0 unspecified atom stereocenters. The molecule has 0 atom stereocenters. The van der Waals surface area contributed by atoms with Gasteiger partial charge in [0.1, 0.15) is 0 Å². The molecular formula is C16H7Cl3F7NO. The number of carbonyl (C=O) groups excluding carboxylic acids is 1. The fraction of sp³-hybridized carbons (Fsp3) is 0.188. The van der Waals surface area contributed by atoms with Crippen LogP contribution in [0.3, 0.4) is 0 Å². The Kier molecular flexibility index (Phi) is 6.13. The highest BCUT2D eigenvalue weighted by Gasteiger charge is 2.73. The van der Waals surface area contributed by atoms with E-state index in [4.69, 9.17) is 35.0 Å². The second-order valence-corrected chi connectivity index (χ2v) is 6.55. The van der Waals surface area contributed by atoms with Crippen molar-refractivity contribution in [2.45, 2.75) is 18.0 Å². The number of carbonyl (C=O) groups is 1. The number of hydrogen-bond acceptors (Lipinski definition) is 1. The van der Waals surface area contributed by atoms with Crippen LogP contribution in [0.2, 0.25) is 10.0 Å². The molecule has 0 heterocycles. The monoisotopic (exact) mass is 467 g/mol. The fourth-order valence-corrected chi connectivity index (χ4v) is 3.26. The molecule has 0 aliphatic carbocycles. The first-order chi connectivity index (χ1) is 12.7. The molecule has 12 heteroatoms. The van der Waals surface area contributed by atoms with Crippen LogP contribution in [0.4, 0.5) is 36.4 Å². The first-order valence-electron chi connectivity index (χ1n) is 7.09. The minimum Gasteiger partial charge on any atom is -0.267 e. The van der Waals surface area contributed by atoms with Crippen molar-refractivity contribution in [2.24, 2.45) is 0 Å². The molecule has 2 aromatic rings. The molecule has 0 N–H and O–H groups in total. The van der Waals surface area contributed by atoms with Gasteiger partial charge in [0.05, 0.1) is 15.7 Å². The predicted molar refractivity (Wildman–Crippen MR) is 90.5 cm³/mol. The van der Waals surface area contributed by atoms with E-state index in [0.29, 0.717) is 4.42 Å². The summed E-state index contributed by atoms with van der Waals surface area (Å²) in [6.45, 7) is 0. The van der Waals surface area contributed by atoms with Gasteiger partial charge < -0.3 is 0 Å². The van der Waals surface area contributed by atoms with Gasteiger partial charge >= 0.3 is 18.0 Å². The fourth-order valence-electron chi connectivity index (χ4n) is 2.24. The Balaban J connectivity index is 2.58. The van der Waals surface area contributed by atoms with E-state index < -0.39 is 45.2 Å². The van der Waals surface area contributed by atoms with E-state index in [0.717, 1.165) is 0 Å². The summed E-state index contributed by atoms with van der Waals surface area (Å²) >= 11 is 17.2. The summed E-state index contributed by atoms with van der Waals surface area (Å²) < 4.78 is 91.8. The lowest BCUT2D eigenvalue weighted by molar-refractivity contribution is -0.348. The van der Waals surface area contributed by atoms with Crippen molar-refractivity contribution in [1.82, 2.24) is 0 Å². The van der Waals surface area contributed by atoms with Gasteiger partial charge in [0.2, 0.25) is 0 Å². The lowest BCUT2D eigenvalue weighted by Gasteiger charge is -2.31. The maximum atomic E-state index is 14.2. The van der Waals surface area contributed by atoms with Gasteiger partial charge in [0.25, 0.3) is 5.91 Å². The largest absolute Gasteiger partial charge is 0.435 e. The number of amides is 1. The number of anilines is 1. The lowest BCUT2D eigenvalue weighted by Crippen LogP contribution is -2.50. The number of nitrogens with zero attached hydrogens (tertiary/aromatic N) is 1. The van der Waals surface area contributed by atoms with Gasteiger partial charge in [-0.15, -0.1) is 0 Å². The van der Waals surface area contributed by atoms with Crippen molar-refractivity contribution in [3.05, 3.63) is 63.6 Å². The van der Waals surface area contributed by atoms with Crippen LogP contribution in [0.1, 0.15) is 15.9 Å². The van der Waals surface area contributed by atoms with Crippen molar-refractivity contribution in [3.8, 4) is 0 Å². The smallest absolute Gasteiger partial charge is 0.267 e. The third-order valence-corrected chi connectivity index (χ3v) is 4.49. The Morgan fingerprint density at radius 2 is 1.25 bits per heavy atom. The second kappa shape index (κ2) is 7.61. The van der Waals surface area contributed by atoms with E-state index in [1.807, 2.05) is 0 Å². The van der Waals surface area contributed by atoms with Crippen molar-refractivity contribution < 1.29 is 35.5 Å². The highest BCUT2D eigenvalue weighted by molar-refractivity contribution is 6.47. The van der Waals surface area contributed by atoms with E-state index in [2.05, 4.69) is 0 Å². The van der Waals surface area contributed by atoms with Gasteiger partial charge in [-0.25, -0.2) is 8.81 Å². The molecule has 2 aromatic carbocycles. The zero-order valence-electron chi connectivity index (χ0n) is 13.2. The van der Waals surface area contributed by atoms with Crippen molar-refractivity contribution in [1.29, 1.82) is 0 Å². The highest BCUT2D eigenvalue weighted by atomic mass is 35.5. The van der Waals surface area contributed by atoms with Crippen LogP contribution in [-0.4, -0.2) is 18.3 Å². The van der Waals surface area contributed by atoms with Gasteiger partial charge in [0.15, 0.2) is 0 Å². The molecule has 1 amide bonds. The Morgan fingerprint density at radius 1 is 0.821 bits per heavy atom. The summed E-state index contributed by atoms with van der Waals surface area (Å²) in [5, 5.41) is -1.78. The summed E-state index contributed by atoms with van der Waals surface area (Å²) in [4.78, 5) is 12.3. The Morgan fingerprint density at radius 3 is 1.64 bits per heavy atom. The molecule has 0 radical (unpaired) electrons. The van der Waals surface area contributed by atoms with Crippen LogP contribution in [-0.2, 0) is 5.67 Å². The van der Waals surface area contributed by atoms with E-state index >= 15 is 0 Å². The van der Waals surface area contributed by atoms with Crippen molar-refractivity contribution in [2.75, 3.05) is 4.42 Å². The first-order valence-corrected chi connectivity index (χ1v) is 8.18. The molecule has 2 nitrogen and oxygen atoms in total. The lowest BCUT2D eigenvalue weighted by atomic mass is 9.94. The summed E-state index contributed by atoms with van der Waals surface area (Å²) in [6.07, 6.45) is -12.7. The normalized spacial score (nSPS) is 12.8. The standard InChI is InChI=1S/C16H7Cl3F7NO/c17-10-6-9(14(20,15(21,22)23)16(24,25)26)7-11(18)12(10)27(19)13(28)8-4-2-1-3-5-8/h1-7H. The molecule has 0 bridgehead atoms. The topological polar surface area (TPSA) is 20.3 Å². The van der Waals surface area contributed by atoms with Crippen LogP contribution < -0.4 is 4.42 Å². The summed E-state index contributed by atoms with van der Waals surface area (Å²) in [7, 11) is 0. The van der Waals surface area contributed by atoms with Gasteiger partial charge in [-0.2, -0.15) is 26.3 Å². The molecule has 152 valence electrons. The molecule has 0 aliphatic heterocycles.